The average molecular weight is 408 g/mol. The molecule has 24 heavy (non-hydrogen) atoms. The van der Waals surface area contributed by atoms with Crippen molar-refractivity contribution in [2.75, 3.05) is 23.3 Å². The quantitative estimate of drug-likeness (QED) is 0.719. The molecule has 3 rings (SSSR count). The molecule has 1 aliphatic heterocycles. The number of benzene rings is 2. The van der Waals surface area contributed by atoms with E-state index in [1.54, 1.807) is 12.1 Å². The van der Waals surface area contributed by atoms with Gasteiger partial charge in [-0.05, 0) is 61.0 Å². The van der Waals surface area contributed by atoms with E-state index in [0.29, 0.717) is 21.8 Å². The van der Waals surface area contributed by atoms with E-state index in [-0.39, 0.29) is 5.82 Å². The minimum Gasteiger partial charge on any atom is -0.372 e. The van der Waals surface area contributed by atoms with Crippen molar-refractivity contribution in [2.24, 2.45) is 0 Å². The van der Waals surface area contributed by atoms with Crippen molar-refractivity contribution in [2.45, 2.75) is 19.4 Å². The zero-order valence-electron chi connectivity index (χ0n) is 13.2. The minimum absolute atomic E-state index is 0.344. The third kappa shape index (κ3) is 4.45. The van der Waals surface area contributed by atoms with E-state index in [4.69, 9.17) is 12.2 Å². The number of nitrogens with one attached hydrogen (secondary N) is 2. The Morgan fingerprint density at radius 1 is 1.12 bits per heavy atom. The van der Waals surface area contributed by atoms with Crippen LogP contribution in [0.25, 0.3) is 0 Å². The van der Waals surface area contributed by atoms with E-state index >= 15 is 0 Å². The van der Waals surface area contributed by atoms with Crippen LogP contribution in [0.4, 0.5) is 15.8 Å². The van der Waals surface area contributed by atoms with Crippen LogP contribution in [0.2, 0.25) is 0 Å². The first-order valence-corrected chi connectivity index (χ1v) is 9.16. The van der Waals surface area contributed by atoms with Crippen molar-refractivity contribution in [1.29, 1.82) is 0 Å². The van der Waals surface area contributed by atoms with Gasteiger partial charge in [0.2, 0.25) is 0 Å². The summed E-state index contributed by atoms with van der Waals surface area (Å²) >= 11 is 8.47. The number of hydrogen-bond donors (Lipinski definition) is 2. The molecule has 2 N–H and O–H groups in total. The summed E-state index contributed by atoms with van der Waals surface area (Å²) in [5, 5.41) is 6.39. The van der Waals surface area contributed by atoms with Crippen LogP contribution in [0.5, 0.6) is 0 Å². The smallest absolute Gasteiger partial charge is 0.171 e. The Morgan fingerprint density at radius 2 is 1.83 bits per heavy atom. The molecule has 2 aromatic carbocycles. The van der Waals surface area contributed by atoms with Gasteiger partial charge in [-0.25, -0.2) is 4.39 Å². The first-order chi connectivity index (χ1) is 11.6. The fourth-order valence-electron chi connectivity index (χ4n) is 2.74. The second-order valence-corrected chi connectivity index (χ2v) is 7.12. The van der Waals surface area contributed by atoms with Crippen molar-refractivity contribution in [1.82, 2.24) is 5.32 Å². The third-order valence-corrected chi connectivity index (χ3v) is 4.78. The molecule has 0 aliphatic carbocycles. The van der Waals surface area contributed by atoms with Gasteiger partial charge in [0.05, 0.1) is 5.69 Å². The molecule has 3 nitrogen and oxygen atoms in total. The Hall–Kier alpha value is -1.66. The zero-order valence-corrected chi connectivity index (χ0v) is 15.6. The highest BCUT2D eigenvalue weighted by Crippen LogP contribution is 2.21. The summed E-state index contributed by atoms with van der Waals surface area (Å²) in [5.74, 6) is -0.344. The summed E-state index contributed by atoms with van der Waals surface area (Å²) in [7, 11) is 0. The van der Waals surface area contributed by atoms with Gasteiger partial charge in [-0.15, -0.1) is 0 Å². The maximum atomic E-state index is 13.8. The van der Waals surface area contributed by atoms with E-state index < -0.39 is 0 Å². The van der Waals surface area contributed by atoms with Crippen molar-refractivity contribution in [3.05, 3.63) is 58.3 Å². The fraction of sp³-hybridized carbons (Fsp3) is 0.278. The Balaban J connectivity index is 1.52. The van der Waals surface area contributed by atoms with Gasteiger partial charge in [0, 0.05) is 29.8 Å². The molecule has 0 spiro atoms. The third-order valence-electron chi connectivity index (χ3n) is 4.04. The van der Waals surface area contributed by atoms with Crippen molar-refractivity contribution in [3.8, 4) is 0 Å². The van der Waals surface area contributed by atoms with Crippen molar-refractivity contribution >= 4 is 44.6 Å². The van der Waals surface area contributed by atoms with E-state index in [2.05, 4.69) is 55.7 Å². The summed E-state index contributed by atoms with van der Waals surface area (Å²) in [4.78, 5) is 2.40. The van der Waals surface area contributed by atoms with Gasteiger partial charge in [0.1, 0.15) is 5.82 Å². The molecule has 6 heteroatoms. The molecule has 0 unspecified atom stereocenters. The molecule has 0 aromatic heterocycles. The van der Waals surface area contributed by atoms with Gasteiger partial charge < -0.3 is 15.5 Å². The van der Waals surface area contributed by atoms with Gasteiger partial charge in [-0.3, -0.25) is 0 Å². The molecule has 1 fully saturated rings. The van der Waals surface area contributed by atoms with E-state index in [1.807, 2.05) is 0 Å². The molecule has 2 aromatic rings. The SMILES string of the molecule is Fc1cc(Br)ccc1NC(=S)NCc1ccc(N2CCCC2)cc1. The Morgan fingerprint density at radius 3 is 2.50 bits per heavy atom. The highest BCUT2D eigenvalue weighted by Gasteiger charge is 2.11. The molecule has 1 heterocycles. The lowest BCUT2D eigenvalue weighted by molar-refractivity contribution is 0.631. The lowest BCUT2D eigenvalue weighted by atomic mass is 10.2. The monoisotopic (exact) mass is 407 g/mol. The maximum absolute atomic E-state index is 13.8. The van der Waals surface area contributed by atoms with Crippen LogP contribution in [0.15, 0.2) is 46.9 Å². The highest BCUT2D eigenvalue weighted by molar-refractivity contribution is 9.10. The van der Waals surface area contributed by atoms with Gasteiger partial charge in [0.25, 0.3) is 0 Å². The summed E-state index contributed by atoms with van der Waals surface area (Å²) in [6.45, 7) is 2.89. The molecular formula is C18H19BrFN3S. The van der Waals surface area contributed by atoms with Gasteiger partial charge in [-0.2, -0.15) is 0 Å². The first kappa shape index (κ1) is 17.2. The van der Waals surface area contributed by atoms with E-state index in [0.717, 1.165) is 18.7 Å². The Bertz CT molecular complexity index is 715. The van der Waals surface area contributed by atoms with Crippen LogP contribution in [0.1, 0.15) is 18.4 Å². The maximum Gasteiger partial charge on any atom is 0.171 e. The Labute approximate surface area is 155 Å². The van der Waals surface area contributed by atoms with E-state index in [9.17, 15) is 4.39 Å². The lowest BCUT2D eigenvalue weighted by Crippen LogP contribution is -2.28. The van der Waals surface area contributed by atoms with Crippen LogP contribution in [-0.4, -0.2) is 18.2 Å². The van der Waals surface area contributed by atoms with Crippen molar-refractivity contribution in [3.63, 3.8) is 0 Å². The average Bonchev–Trinajstić information content (AvgIpc) is 3.11. The normalized spacial score (nSPS) is 13.8. The van der Waals surface area contributed by atoms with Gasteiger partial charge in [0.15, 0.2) is 5.11 Å². The topological polar surface area (TPSA) is 27.3 Å². The molecule has 0 saturated carbocycles. The summed E-state index contributed by atoms with van der Waals surface area (Å²) < 4.78 is 14.5. The van der Waals surface area contributed by atoms with Crippen LogP contribution in [-0.2, 0) is 6.54 Å². The predicted molar refractivity (Wildman–Crippen MR) is 105 cm³/mol. The fourth-order valence-corrected chi connectivity index (χ4v) is 3.25. The number of anilines is 2. The molecule has 0 radical (unpaired) electrons. The molecule has 0 amide bonds. The molecule has 126 valence electrons. The van der Waals surface area contributed by atoms with Gasteiger partial charge in [-0.1, -0.05) is 28.1 Å². The van der Waals surface area contributed by atoms with Crippen LogP contribution in [0.3, 0.4) is 0 Å². The highest BCUT2D eigenvalue weighted by atomic mass is 79.9. The minimum atomic E-state index is -0.344. The standard InChI is InChI=1S/C18H19BrFN3S/c19-14-5-8-17(16(20)11-14)22-18(24)21-12-13-3-6-15(7-4-13)23-9-1-2-10-23/h3-8,11H,1-2,9-10,12H2,(H2,21,22,24). The van der Waals surface area contributed by atoms with Crippen LogP contribution < -0.4 is 15.5 Å². The van der Waals surface area contributed by atoms with Gasteiger partial charge >= 0.3 is 0 Å². The number of rotatable bonds is 4. The van der Waals surface area contributed by atoms with E-state index in [1.165, 1.54) is 24.6 Å². The van der Waals surface area contributed by atoms with Crippen LogP contribution >= 0.6 is 28.1 Å². The molecule has 0 bridgehead atoms. The Kier molecular flexibility index (Phi) is 5.68. The molecule has 1 aliphatic rings. The lowest BCUT2D eigenvalue weighted by Gasteiger charge is -2.18. The zero-order chi connectivity index (χ0) is 16.9. The first-order valence-electron chi connectivity index (χ1n) is 7.95. The number of thiocarbonyl (C=S) groups is 1. The largest absolute Gasteiger partial charge is 0.372 e. The summed E-state index contributed by atoms with van der Waals surface area (Å²) in [6, 6.07) is 13.3. The van der Waals surface area contributed by atoms with Crippen LogP contribution in [0, 0.1) is 5.82 Å². The molecular weight excluding hydrogens is 389 g/mol. The summed E-state index contributed by atoms with van der Waals surface area (Å²) in [5.41, 5.74) is 2.77. The number of nitrogens with zero attached hydrogens (tertiary/aromatic N) is 1. The second kappa shape index (κ2) is 7.94. The summed E-state index contributed by atoms with van der Waals surface area (Å²) in [6.07, 6.45) is 2.55. The number of halogens is 2. The second-order valence-electron chi connectivity index (χ2n) is 5.79. The molecule has 0 atom stereocenters. The molecule has 1 saturated heterocycles. The van der Waals surface area contributed by atoms with Crippen molar-refractivity contribution < 1.29 is 4.39 Å². The number of hydrogen-bond acceptors (Lipinski definition) is 2. The predicted octanol–water partition coefficient (Wildman–Crippen LogP) is 4.68.